The van der Waals surface area contributed by atoms with Crippen molar-refractivity contribution in [2.75, 3.05) is 0 Å². The van der Waals surface area contributed by atoms with Crippen molar-refractivity contribution in [1.82, 2.24) is 0 Å². The van der Waals surface area contributed by atoms with Crippen molar-refractivity contribution >= 4 is 57.6 Å². The smallest absolute Gasteiger partial charge is 0.0623 e. The molecule has 0 bridgehead atoms. The summed E-state index contributed by atoms with van der Waals surface area (Å²) >= 11 is 0. The second-order valence-corrected chi connectivity index (χ2v) is 25.0. The van der Waals surface area contributed by atoms with Gasteiger partial charge >= 0.3 is 0 Å². The molecule has 0 atom stereocenters. The third-order valence-corrected chi connectivity index (χ3v) is 21.2. The lowest BCUT2D eigenvalue weighted by Gasteiger charge is -2.35. The van der Waals surface area contributed by atoms with E-state index in [2.05, 4.69) is 272 Å². The summed E-state index contributed by atoms with van der Waals surface area (Å²) in [6.07, 6.45) is 0. The molecule has 0 aliphatic rings. The van der Waals surface area contributed by atoms with Crippen molar-refractivity contribution in [1.29, 1.82) is 0 Å². The van der Waals surface area contributed by atoms with Crippen molar-refractivity contribution in [3.63, 3.8) is 0 Å². The summed E-state index contributed by atoms with van der Waals surface area (Å²) in [5.41, 5.74) is 3.02. The molecule has 8 aromatic carbocycles. The second kappa shape index (κ2) is 17.4. The Morgan fingerprint density at radius 3 is 0.741 bits per heavy atom. The van der Waals surface area contributed by atoms with Crippen molar-refractivity contribution < 1.29 is 0 Å². The molecule has 0 saturated carbocycles. The largest absolute Gasteiger partial charge is 0.179 e. The molecule has 0 radical (unpaired) electrons. The monoisotopic (exact) mass is 784 g/mol. The minimum atomic E-state index is -2.41. The Balaban J connectivity index is 0.000000177. The number of benzene rings is 8. The van der Waals surface area contributed by atoms with Gasteiger partial charge in [0.05, 0.1) is 0 Å². The molecule has 2 heteroatoms. The number of hydrogen-bond acceptors (Lipinski definition) is 0. The molecule has 0 aliphatic heterocycles. The van der Waals surface area contributed by atoms with Gasteiger partial charge in [0.15, 0.2) is 16.1 Å². The molecule has 288 valence electrons. The highest BCUT2D eigenvalue weighted by atomic mass is 28.3. The summed E-state index contributed by atoms with van der Waals surface area (Å²) in [5.74, 6) is 0. The zero-order valence-corrected chi connectivity index (χ0v) is 36.9. The molecule has 0 heterocycles. The lowest BCUT2D eigenvalue weighted by atomic mass is 9.87. The number of hydrogen-bond donors (Lipinski definition) is 0. The lowest BCUT2D eigenvalue weighted by Crippen LogP contribution is -2.74. The highest BCUT2D eigenvalue weighted by Gasteiger charge is 2.42. The van der Waals surface area contributed by atoms with E-state index in [0.717, 1.165) is 0 Å². The minimum absolute atomic E-state index is 0.111. The van der Waals surface area contributed by atoms with Gasteiger partial charge in [0.1, 0.15) is 0 Å². The van der Waals surface area contributed by atoms with E-state index in [1.807, 2.05) is 0 Å². The molecule has 0 nitrogen and oxygen atoms in total. The maximum absolute atomic E-state index is 2.46. The Hall–Kier alpha value is -5.81. The molecule has 0 spiro atoms. The fourth-order valence-corrected chi connectivity index (χ4v) is 18.1. The predicted molar refractivity (Wildman–Crippen MR) is 258 cm³/mol. The first-order valence-corrected chi connectivity index (χ1v) is 24.6. The van der Waals surface area contributed by atoms with Gasteiger partial charge in [0, 0.05) is 0 Å². The molecule has 58 heavy (non-hydrogen) atoms. The molecule has 0 aliphatic carbocycles. The molecule has 0 fully saturated rings. The maximum Gasteiger partial charge on any atom is 0.179 e. The normalized spacial score (nSPS) is 12.0. The zero-order valence-electron chi connectivity index (χ0n) is 34.9. The predicted octanol–water partition coefficient (Wildman–Crippen LogP) is 8.72. The van der Waals surface area contributed by atoms with Crippen molar-refractivity contribution in [3.05, 3.63) is 242 Å². The zero-order chi connectivity index (χ0) is 40.6. The molecule has 0 aromatic heterocycles. The van der Waals surface area contributed by atoms with Crippen molar-refractivity contribution in [2.24, 2.45) is 0 Å². The molecule has 0 unspecified atom stereocenters. The Labute approximate surface area is 350 Å². The fraction of sp³-hybridized carbons (Fsp3) is 0.143. The Morgan fingerprint density at radius 2 is 0.466 bits per heavy atom. The summed E-state index contributed by atoms with van der Waals surface area (Å²) < 4.78 is 0. The standard InChI is InChI=1S/2C28H28Si/c1-28(2,3)23-14-13-21-27(22-23)29(24-15-7-4-8-16-24,25-17-9-5-10-18-25)26-19-11-6-12-20-26;1-28(2,3)23-19-21-27(22-20-23)29(24-13-7-4-8-14-24,25-15-9-5-10-16-25)26-17-11-6-12-18-26/h2*4-22H,1-3H3. The van der Waals surface area contributed by atoms with Gasteiger partial charge in [-0.05, 0) is 63.5 Å². The van der Waals surface area contributed by atoms with Crippen molar-refractivity contribution in [2.45, 2.75) is 52.4 Å². The van der Waals surface area contributed by atoms with E-state index >= 15 is 0 Å². The van der Waals surface area contributed by atoms with E-state index in [1.54, 1.807) is 0 Å². The highest BCUT2D eigenvalue weighted by Crippen LogP contribution is 2.23. The average molecular weight is 785 g/mol. The van der Waals surface area contributed by atoms with Gasteiger partial charge < -0.3 is 0 Å². The first kappa shape index (κ1) is 40.4. The minimum Gasteiger partial charge on any atom is -0.0623 e. The van der Waals surface area contributed by atoms with Crippen LogP contribution in [-0.2, 0) is 10.8 Å². The topological polar surface area (TPSA) is 0 Å². The first-order valence-electron chi connectivity index (χ1n) is 20.6. The molecule has 8 rings (SSSR count). The SMILES string of the molecule is CC(C)(C)c1ccc([Si](c2ccccc2)(c2ccccc2)c2ccccc2)cc1.CC(C)(C)c1cccc([Si](c2ccccc2)(c2ccccc2)c2ccccc2)c1. The van der Waals surface area contributed by atoms with E-state index in [9.17, 15) is 0 Å². The van der Waals surface area contributed by atoms with Crippen LogP contribution in [0.3, 0.4) is 0 Å². The molecule has 0 amide bonds. The van der Waals surface area contributed by atoms with Gasteiger partial charge in [-0.25, -0.2) is 0 Å². The number of rotatable bonds is 8. The summed E-state index contributed by atoms with van der Waals surface area (Å²) in [6, 6.07) is 85.2. The fourth-order valence-electron chi connectivity index (χ4n) is 8.57. The third kappa shape index (κ3) is 8.14. The Bertz CT molecular complexity index is 2270. The van der Waals surface area contributed by atoms with E-state index in [-0.39, 0.29) is 10.8 Å². The van der Waals surface area contributed by atoms with Crippen LogP contribution in [0.4, 0.5) is 0 Å². The molecule has 0 saturated heterocycles. The first-order chi connectivity index (χ1) is 28.1. The summed E-state index contributed by atoms with van der Waals surface area (Å²) in [5, 5.41) is 11.4. The van der Waals surface area contributed by atoms with Crippen LogP contribution < -0.4 is 41.5 Å². The van der Waals surface area contributed by atoms with E-state index < -0.39 is 16.1 Å². The Kier molecular flexibility index (Phi) is 12.1. The van der Waals surface area contributed by atoms with Crippen LogP contribution in [0.5, 0.6) is 0 Å². The summed E-state index contributed by atoms with van der Waals surface area (Å²) in [4.78, 5) is 0. The van der Waals surface area contributed by atoms with Crippen LogP contribution in [-0.4, -0.2) is 16.1 Å². The van der Waals surface area contributed by atoms with Gasteiger partial charge in [-0.15, -0.1) is 0 Å². The lowest BCUT2D eigenvalue weighted by molar-refractivity contribution is 0.590. The maximum atomic E-state index is 2.46. The van der Waals surface area contributed by atoms with Crippen molar-refractivity contribution in [3.8, 4) is 0 Å². The molecular formula is C56H56Si2. The van der Waals surface area contributed by atoms with Crippen LogP contribution >= 0.6 is 0 Å². The van der Waals surface area contributed by atoms with Crippen LogP contribution in [0.1, 0.15) is 52.7 Å². The van der Waals surface area contributed by atoms with Gasteiger partial charge in [0.2, 0.25) is 0 Å². The second-order valence-electron chi connectivity index (χ2n) is 17.4. The summed E-state index contributed by atoms with van der Waals surface area (Å²) in [7, 11) is -4.79. The van der Waals surface area contributed by atoms with Crippen LogP contribution in [0, 0.1) is 0 Å². The van der Waals surface area contributed by atoms with Gasteiger partial charge in [0.25, 0.3) is 0 Å². The third-order valence-electron chi connectivity index (χ3n) is 11.6. The molecular weight excluding hydrogens is 729 g/mol. The van der Waals surface area contributed by atoms with Crippen LogP contribution in [0.2, 0.25) is 0 Å². The molecule has 0 N–H and O–H groups in total. The van der Waals surface area contributed by atoms with Gasteiger partial charge in [-0.3, -0.25) is 0 Å². The quantitative estimate of drug-likeness (QED) is 0.107. The van der Waals surface area contributed by atoms with E-state index in [1.165, 1.54) is 52.6 Å². The Morgan fingerprint density at radius 1 is 0.224 bits per heavy atom. The molecule has 8 aromatic rings. The van der Waals surface area contributed by atoms with Gasteiger partial charge in [-0.2, -0.15) is 0 Å². The summed E-state index contributed by atoms with van der Waals surface area (Å²) in [6.45, 7) is 13.7. The van der Waals surface area contributed by atoms with E-state index in [0.29, 0.717) is 0 Å². The van der Waals surface area contributed by atoms with Gasteiger partial charge in [-0.1, -0.05) is 272 Å². The average Bonchev–Trinajstić information content (AvgIpc) is 3.27. The van der Waals surface area contributed by atoms with E-state index in [4.69, 9.17) is 0 Å². The van der Waals surface area contributed by atoms with Crippen LogP contribution in [0.25, 0.3) is 0 Å². The highest BCUT2D eigenvalue weighted by molar-refractivity contribution is 7.20. The van der Waals surface area contributed by atoms with Crippen LogP contribution in [0.15, 0.2) is 231 Å².